The molecule has 0 N–H and O–H groups in total. The average molecular weight is 1190 g/mol. The zero-order valence-electron chi connectivity index (χ0n) is 75.4. The molecule has 0 amide bonds. The summed E-state index contributed by atoms with van der Waals surface area (Å²) >= 11 is 0. The van der Waals surface area contributed by atoms with Crippen LogP contribution in [0.3, 0.4) is 0 Å². The normalized spacial score (nSPS) is 22.5. The first kappa shape index (κ1) is 83.0. The quantitative estimate of drug-likeness (QED) is 0.263. The lowest BCUT2D eigenvalue weighted by atomic mass is 9.74. The first-order valence-electron chi connectivity index (χ1n) is 42.1. The molecule has 7 saturated carbocycles. The second-order valence-electron chi connectivity index (χ2n) is 29.7. The molecule has 7 rings (SSSR count). The molecular formula is C83H186. The van der Waals surface area contributed by atoms with E-state index < -0.39 is 31.4 Å². The lowest BCUT2D eigenvalue weighted by Crippen LogP contribution is -2.19. The number of rotatable bonds is 4. The molecular weight excluding hydrogens is 997 g/mol. The van der Waals surface area contributed by atoms with Gasteiger partial charge in [0.2, 0.25) is 0 Å². The predicted octanol–water partition coefficient (Wildman–Crippen LogP) is 33.0. The Morgan fingerprint density at radius 2 is 0.590 bits per heavy atom. The van der Waals surface area contributed by atoms with Gasteiger partial charge in [0, 0.05) is 12.3 Å². The largest absolute Gasteiger partial charge is 0.0683 e. The standard InChI is InChI=1S/C9H18.C8H16.2C7H14.2C6H12.C6H14.3C5H12.C4H8.C4H10.C3H8.4C2H6/c1-8-4-6-9(2,3)7-5-8;1-2-8-6-4-3-5-7-8;1-7-5-3-2-4-6-7;1-2-7-5-3-4-6-7;2*1-6-4-2-3-5-6;1-5-6(2,3)4;1-5(2,3)4;2*1-4-5(2)3;1-4-2-3-4;1-4(2)3;1-3-2;4*1-2/h8H,4-7H2,1-3H3;8H,2-7H2,1H3;2*7H,2-6H2,1H3;2*6H,2-5H2,1H3;5H2,1-4H3;1-4H3;2*5H,4H2,1-3H3;4H,2-3H2,1H3;4H,1-3H3;3H2,1-2H3;4*1-2H3/i;;;;2D2,3D2,4D2,5D2,6D;;;;;;;;;;;;. The van der Waals surface area contributed by atoms with Gasteiger partial charge in [-0.25, -0.2) is 0 Å². The van der Waals surface area contributed by atoms with Crippen molar-refractivity contribution in [2.45, 2.75) is 467 Å². The van der Waals surface area contributed by atoms with Crippen molar-refractivity contribution in [1.29, 1.82) is 0 Å². The SMILES string of the molecule is CC.CC.CC.CC.CC(C)(C)C.CC(C)C.CC1CC1.CC1CCC(C)(C)CC1.CC1CCCC1.CC1CCCCC1.CCC.CCC(C)(C)C.CCC(C)C.CCC(C)C.CCC1CCCC1.CCC1CCCCC1.[2H]C1([2H])C([2H])([2H])C([2H])([2H])C([2H])(C)C1([2H])[2H]. The first-order valence-corrected chi connectivity index (χ1v) is 37.6. The van der Waals surface area contributed by atoms with E-state index in [9.17, 15) is 0 Å². The number of hydrogen-bond donors (Lipinski definition) is 0. The minimum Gasteiger partial charge on any atom is -0.0683 e. The van der Waals surface area contributed by atoms with Gasteiger partial charge in [0.05, 0.1) is 0 Å². The highest BCUT2D eigenvalue weighted by molar-refractivity contribution is 4.76. The summed E-state index contributed by atoms with van der Waals surface area (Å²) in [5, 5.41) is 0. The molecule has 7 aliphatic carbocycles. The van der Waals surface area contributed by atoms with Gasteiger partial charge < -0.3 is 0 Å². The summed E-state index contributed by atoms with van der Waals surface area (Å²) in [5.41, 5.74) is 1.70. The Labute approximate surface area is 552 Å². The Hall–Kier alpha value is 0. The monoisotopic (exact) mass is 1190 g/mol. The van der Waals surface area contributed by atoms with Crippen molar-refractivity contribution < 1.29 is 12.3 Å². The number of hydrogen-bond acceptors (Lipinski definition) is 0. The summed E-state index contributed by atoms with van der Waals surface area (Å²) < 4.78 is 66.7. The van der Waals surface area contributed by atoms with Crippen LogP contribution < -0.4 is 0 Å². The highest BCUT2D eigenvalue weighted by Crippen LogP contribution is 2.37. The van der Waals surface area contributed by atoms with Crippen LogP contribution in [0, 0.1) is 75.4 Å². The Bertz CT molecular complexity index is 1260. The van der Waals surface area contributed by atoms with Crippen molar-refractivity contribution in [3.8, 4) is 0 Å². The molecule has 0 radical (unpaired) electrons. The fourth-order valence-corrected chi connectivity index (χ4v) is 7.44. The summed E-state index contributed by atoms with van der Waals surface area (Å²) in [7, 11) is 0. The fourth-order valence-electron chi connectivity index (χ4n) is 7.44. The topological polar surface area (TPSA) is 0 Å². The molecule has 0 aromatic carbocycles. The lowest BCUT2D eigenvalue weighted by Gasteiger charge is -2.32. The Balaban J connectivity index is -0.0000001000. The zero-order chi connectivity index (χ0) is 75.4. The van der Waals surface area contributed by atoms with E-state index in [2.05, 4.69) is 187 Å². The van der Waals surface area contributed by atoms with Gasteiger partial charge in [-0.2, -0.15) is 0 Å². The summed E-state index contributed by atoms with van der Waals surface area (Å²) in [6.07, 6.45) is 31.8. The molecule has 0 unspecified atom stereocenters. The molecule has 0 atom stereocenters. The van der Waals surface area contributed by atoms with Crippen molar-refractivity contribution in [3.63, 3.8) is 0 Å². The zero-order valence-corrected chi connectivity index (χ0v) is 66.4. The van der Waals surface area contributed by atoms with Gasteiger partial charge in [0.15, 0.2) is 0 Å². The molecule has 0 aromatic heterocycles. The highest BCUT2D eigenvalue weighted by atomic mass is 14.3. The van der Waals surface area contributed by atoms with Gasteiger partial charge in [-0.1, -0.05) is 455 Å². The molecule has 0 saturated heterocycles. The van der Waals surface area contributed by atoms with Gasteiger partial charge >= 0.3 is 0 Å². The van der Waals surface area contributed by atoms with Gasteiger partial charge in [-0.05, 0) is 88.2 Å². The van der Waals surface area contributed by atoms with Gasteiger partial charge in [-0.3, -0.25) is 0 Å². The van der Waals surface area contributed by atoms with Crippen LogP contribution >= 0.6 is 0 Å². The summed E-state index contributed by atoms with van der Waals surface area (Å²) in [4.78, 5) is 0. The van der Waals surface area contributed by atoms with E-state index in [1.807, 2.05) is 55.4 Å². The third-order valence-electron chi connectivity index (χ3n) is 14.6. The van der Waals surface area contributed by atoms with E-state index in [0.717, 1.165) is 60.2 Å². The van der Waals surface area contributed by atoms with Crippen molar-refractivity contribution in [3.05, 3.63) is 0 Å². The van der Waals surface area contributed by atoms with E-state index in [-0.39, 0.29) is 0 Å². The van der Waals surface area contributed by atoms with Crippen molar-refractivity contribution in [1.82, 2.24) is 0 Å². The van der Waals surface area contributed by atoms with Crippen LogP contribution in [0.4, 0.5) is 0 Å². The first-order chi connectivity index (χ1) is 42.1. The maximum Gasteiger partial charge on any atom is 0.0300 e. The van der Waals surface area contributed by atoms with Crippen LogP contribution in [-0.4, -0.2) is 0 Å². The Morgan fingerprint density at radius 1 is 0.398 bits per heavy atom. The van der Waals surface area contributed by atoms with Crippen LogP contribution in [0.25, 0.3) is 0 Å². The molecule has 0 spiro atoms. The van der Waals surface area contributed by atoms with Crippen molar-refractivity contribution >= 4 is 0 Å². The smallest absolute Gasteiger partial charge is 0.0300 e. The molecule has 0 heterocycles. The molecule has 0 aliphatic heterocycles. The summed E-state index contributed by atoms with van der Waals surface area (Å²) in [6.45, 7) is 77.4. The predicted molar refractivity (Wildman–Crippen MR) is 403 cm³/mol. The fraction of sp³-hybridized carbons (Fsp3) is 1.00. The van der Waals surface area contributed by atoms with Crippen LogP contribution in [-0.2, 0) is 0 Å². The summed E-state index contributed by atoms with van der Waals surface area (Å²) in [6, 6.07) is 0. The second-order valence-corrected chi connectivity index (χ2v) is 29.7. The maximum absolute atomic E-state index is 7.57. The van der Waals surface area contributed by atoms with Crippen LogP contribution in [0.2, 0.25) is 0 Å². The second kappa shape index (κ2) is 80.0. The van der Waals surface area contributed by atoms with Crippen LogP contribution in [0.5, 0.6) is 0 Å². The maximum atomic E-state index is 7.57. The molecule has 0 bridgehead atoms. The van der Waals surface area contributed by atoms with E-state index in [4.69, 9.17) is 12.3 Å². The van der Waals surface area contributed by atoms with Crippen LogP contribution in [0.15, 0.2) is 0 Å². The van der Waals surface area contributed by atoms with E-state index in [1.54, 1.807) is 0 Å². The van der Waals surface area contributed by atoms with Crippen LogP contribution in [0.1, 0.15) is 480 Å². The minimum absolute atomic E-state index is 0.500. The van der Waals surface area contributed by atoms with Gasteiger partial charge in [0.1, 0.15) is 0 Å². The Kier molecular flexibility index (Phi) is 80.0. The third kappa shape index (κ3) is 132. The average Bonchev–Trinajstić information content (AvgIpc) is 1.51. The Morgan fingerprint density at radius 3 is 0.699 bits per heavy atom. The molecule has 0 aromatic rings. The molecule has 7 fully saturated rings. The van der Waals surface area contributed by atoms with Gasteiger partial charge in [0.25, 0.3) is 0 Å². The molecule has 518 valence electrons. The minimum atomic E-state index is -3.04. The van der Waals surface area contributed by atoms with Crippen molar-refractivity contribution in [2.75, 3.05) is 0 Å². The molecule has 83 heavy (non-hydrogen) atoms. The van der Waals surface area contributed by atoms with Crippen molar-refractivity contribution in [2.24, 2.45) is 75.4 Å². The molecule has 7 aliphatic rings. The van der Waals surface area contributed by atoms with Gasteiger partial charge in [-0.15, -0.1) is 0 Å². The van der Waals surface area contributed by atoms with E-state index in [1.165, 1.54) is 193 Å². The third-order valence-corrected chi connectivity index (χ3v) is 14.6. The van der Waals surface area contributed by atoms with E-state index >= 15 is 0 Å². The summed E-state index contributed by atoms with van der Waals surface area (Å²) in [5.74, 6) is 6.47. The molecule has 0 heteroatoms. The molecule has 0 nitrogen and oxygen atoms in total. The van der Waals surface area contributed by atoms with E-state index in [0.29, 0.717) is 16.2 Å². The highest BCUT2D eigenvalue weighted by Gasteiger charge is 2.24. The lowest BCUT2D eigenvalue weighted by molar-refractivity contribution is 0.201.